The number of carboxylic acid groups (broad SMARTS) is 1. The molecule has 0 amide bonds. The molecule has 1 saturated carbocycles. The molecule has 1 aliphatic rings. The summed E-state index contributed by atoms with van der Waals surface area (Å²) in [4.78, 5) is 15.3. The molecule has 0 saturated heterocycles. The van der Waals surface area contributed by atoms with E-state index in [1.165, 1.54) is 0 Å². The number of carbonyl (C=O) groups is 1. The molecule has 0 atom stereocenters. The van der Waals surface area contributed by atoms with Crippen molar-refractivity contribution in [3.63, 3.8) is 0 Å². The maximum Gasteiger partial charge on any atom is 0.358 e. The van der Waals surface area contributed by atoms with Gasteiger partial charge in [0.05, 0.1) is 11.9 Å². The number of nitrogens with zero attached hydrogens (tertiary/aromatic N) is 5. The summed E-state index contributed by atoms with van der Waals surface area (Å²) in [7, 11) is 1.80. The third kappa shape index (κ3) is 2.10. The van der Waals surface area contributed by atoms with Crippen LogP contribution >= 0.6 is 11.6 Å². The molecule has 0 bridgehead atoms. The van der Waals surface area contributed by atoms with E-state index in [4.69, 9.17) is 16.7 Å². The second-order valence-electron chi connectivity index (χ2n) is 4.62. The number of hydrogen-bond donors (Lipinski definition) is 1. The van der Waals surface area contributed by atoms with Crippen molar-refractivity contribution in [3.8, 4) is 0 Å². The largest absolute Gasteiger partial charge is 0.476 e. The lowest BCUT2D eigenvalue weighted by Crippen LogP contribution is -2.11. The van der Waals surface area contributed by atoms with Gasteiger partial charge in [0, 0.05) is 13.0 Å². The van der Waals surface area contributed by atoms with Crippen LogP contribution in [0.2, 0.25) is 5.15 Å². The predicted molar refractivity (Wildman–Crippen MR) is 66.3 cm³/mol. The fourth-order valence-electron chi connectivity index (χ4n) is 2.06. The average Bonchev–Trinajstić information content (AvgIpc) is 3.06. The molecule has 0 radical (unpaired) electrons. The highest BCUT2D eigenvalue weighted by Crippen LogP contribution is 2.41. The molecule has 1 N–H and O–H groups in total. The Morgan fingerprint density at radius 1 is 1.58 bits per heavy atom. The van der Waals surface area contributed by atoms with E-state index in [9.17, 15) is 4.79 Å². The van der Waals surface area contributed by atoms with Crippen LogP contribution in [0.3, 0.4) is 0 Å². The molecule has 1 fully saturated rings. The number of halogens is 1. The molecule has 0 unspecified atom stereocenters. The van der Waals surface area contributed by atoms with Crippen LogP contribution in [0.15, 0.2) is 6.20 Å². The Morgan fingerprint density at radius 3 is 2.84 bits per heavy atom. The van der Waals surface area contributed by atoms with E-state index in [0.717, 1.165) is 12.8 Å². The van der Waals surface area contributed by atoms with Crippen molar-refractivity contribution in [2.24, 2.45) is 7.05 Å². The number of hydrogen-bond acceptors (Lipinski definition) is 4. The Labute approximate surface area is 113 Å². The Kier molecular flexibility index (Phi) is 2.78. The van der Waals surface area contributed by atoms with Gasteiger partial charge >= 0.3 is 5.97 Å². The van der Waals surface area contributed by atoms with Gasteiger partial charge in [0.15, 0.2) is 5.69 Å². The fraction of sp³-hybridized carbons (Fsp3) is 0.455. The van der Waals surface area contributed by atoms with Gasteiger partial charge in [-0.25, -0.2) is 14.5 Å². The second kappa shape index (κ2) is 4.34. The van der Waals surface area contributed by atoms with E-state index in [1.54, 1.807) is 22.5 Å². The van der Waals surface area contributed by atoms with Crippen LogP contribution in [0.4, 0.5) is 0 Å². The van der Waals surface area contributed by atoms with E-state index < -0.39 is 5.97 Å². The van der Waals surface area contributed by atoms with Crippen molar-refractivity contribution in [3.05, 3.63) is 28.6 Å². The van der Waals surface area contributed by atoms with Gasteiger partial charge in [-0.3, -0.25) is 0 Å². The Bertz CT molecular complexity index is 644. The van der Waals surface area contributed by atoms with Crippen molar-refractivity contribution in [1.29, 1.82) is 0 Å². The molecule has 0 aromatic carbocycles. The summed E-state index contributed by atoms with van der Waals surface area (Å²) in [6.07, 6.45) is 3.52. The highest BCUT2D eigenvalue weighted by atomic mass is 35.5. The topological polar surface area (TPSA) is 85.8 Å². The molecule has 19 heavy (non-hydrogen) atoms. The van der Waals surface area contributed by atoms with Gasteiger partial charge in [0.2, 0.25) is 0 Å². The number of carboxylic acids is 1. The van der Waals surface area contributed by atoms with Crippen molar-refractivity contribution in [2.45, 2.75) is 25.3 Å². The molecule has 7 nitrogen and oxygen atoms in total. The standard InChI is InChI=1S/C11H12ClN5O2/c1-16-7(12)4-13-8(16)5-17-10(6-2-3-6)9(11(18)19)14-15-17/h4,6H,2-3,5H2,1H3,(H,18,19). The quantitative estimate of drug-likeness (QED) is 0.912. The van der Waals surface area contributed by atoms with Gasteiger partial charge in [-0.05, 0) is 12.8 Å². The van der Waals surface area contributed by atoms with E-state index in [1.807, 2.05) is 0 Å². The van der Waals surface area contributed by atoms with Crippen LogP contribution in [-0.4, -0.2) is 35.6 Å². The van der Waals surface area contributed by atoms with Gasteiger partial charge in [-0.15, -0.1) is 5.10 Å². The van der Waals surface area contributed by atoms with Gasteiger partial charge in [0.1, 0.15) is 17.5 Å². The highest BCUT2D eigenvalue weighted by molar-refractivity contribution is 6.29. The first-order valence-corrected chi connectivity index (χ1v) is 6.28. The van der Waals surface area contributed by atoms with Gasteiger partial charge < -0.3 is 9.67 Å². The monoisotopic (exact) mass is 281 g/mol. The summed E-state index contributed by atoms with van der Waals surface area (Å²) in [6, 6.07) is 0. The summed E-state index contributed by atoms with van der Waals surface area (Å²) >= 11 is 5.93. The third-order valence-corrected chi connectivity index (χ3v) is 3.61. The SMILES string of the molecule is Cn1c(Cl)cnc1Cn1nnc(C(=O)O)c1C1CC1. The number of rotatable bonds is 4. The summed E-state index contributed by atoms with van der Waals surface area (Å²) in [5.74, 6) is -0.0726. The van der Waals surface area contributed by atoms with Crippen LogP contribution in [0, 0.1) is 0 Å². The molecule has 2 aromatic heterocycles. The van der Waals surface area contributed by atoms with E-state index in [-0.39, 0.29) is 11.6 Å². The predicted octanol–water partition coefficient (Wildman–Crippen LogP) is 1.29. The smallest absolute Gasteiger partial charge is 0.358 e. The number of aromatic carboxylic acids is 1. The normalized spacial score (nSPS) is 14.8. The zero-order valence-corrected chi connectivity index (χ0v) is 11.0. The summed E-state index contributed by atoms with van der Waals surface area (Å²) < 4.78 is 3.35. The van der Waals surface area contributed by atoms with Crippen LogP contribution in [-0.2, 0) is 13.6 Å². The summed E-state index contributed by atoms with van der Waals surface area (Å²) in [5.41, 5.74) is 0.731. The molecule has 2 aromatic rings. The molecular formula is C11H12ClN5O2. The van der Waals surface area contributed by atoms with E-state index in [2.05, 4.69) is 15.3 Å². The minimum Gasteiger partial charge on any atom is -0.476 e. The Morgan fingerprint density at radius 2 is 2.32 bits per heavy atom. The fourth-order valence-corrected chi connectivity index (χ4v) is 2.20. The maximum atomic E-state index is 11.1. The van der Waals surface area contributed by atoms with Crippen molar-refractivity contribution in [2.75, 3.05) is 0 Å². The zero-order valence-electron chi connectivity index (χ0n) is 10.2. The van der Waals surface area contributed by atoms with Crippen LogP contribution in [0.25, 0.3) is 0 Å². The minimum absolute atomic E-state index is 0.0443. The minimum atomic E-state index is -1.04. The molecule has 8 heteroatoms. The van der Waals surface area contributed by atoms with Gasteiger partial charge in [-0.2, -0.15) is 0 Å². The Hall–Kier alpha value is -1.89. The lowest BCUT2D eigenvalue weighted by Gasteiger charge is -2.06. The lowest BCUT2D eigenvalue weighted by molar-refractivity contribution is 0.0689. The molecule has 0 spiro atoms. The van der Waals surface area contributed by atoms with E-state index >= 15 is 0 Å². The molecule has 3 rings (SSSR count). The third-order valence-electron chi connectivity index (χ3n) is 3.26. The van der Waals surface area contributed by atoms with Crippen molar-refractivity contribution >= 4 is 17.6 Å². The van der Waals surface area contributed by atoms with Crippen LogP contribution < -0.4 is 0 Å². The number of aromatic nitrogens is 5. The molecule has 2 heterocycles. The molecular weight excluding hydrogens is 270 g/mol. The Balaban J connectivity index is 1.97. The van der Waals surface area contributed by atoms with Crippen molar-refractivity contribution < 1.29 is 9.90 Å². The maximum absolute atomic E-state index is 11.1. The zero-order chi connectivity index (χ0) is 13.6. The van der Waals surface area contributed by atoms with Gasteiger partial charge in [-0.1, -0.05) is 16.8 Å². The van der Waals surface area contributed by atoms with Gasteiger partial charge in [0.25, 0.3) is 0 Å². The summed E-state index contributed by atoms with van der Waals surface area (Å²) in [5, 5.41) is 17.3. The second-order valence-corrected chi connectivity index (χ2v) is 5.00. The number of imidazole rings is 1. The average molecular weight is 282 g/mol. The molecule has 1 aliphatic carbocycles. The lowest BCUT2D eigenvalue weighted by atomic mass is 10.2. The molecule has 100 valence electrons. The van der Waals surface area contributed by atoms with Crippen LogP contribution in [0.1, 0.15) is 40.8 Å². The van der Waals surface area contributed by atoms with Crippen LogP contribution in [0.5, 0.6) is 0 Å². The molecule has 0 aliphatic heterocycles. The highest BCUT2D eigenvalue weighted by Gasteiger charge is 2.34. The first-order valence-electron chi connectivity index (χ1n) is 5.90. The van der Waals surface area contributed by atoms with Crippen molar-refractivity contribution in [1.82, 2.24) is 24.5 Å². The first-order chi connectivity index (χ1) is 9.08. The first kappa shape index (κ1) is 12.2. The summed E-state index contributed by atoms with van der Waals surface area (Å²) in [6.45, 7) is 0.370. The van der Waals surface area contributed by atoms with E-state index in [0.29, 0.717) is 23.2 Å².